The summed E-state index contributed by atoms with van der Waals surface area (Å²) in [7, 11) is 1.55. The molecular weight excluding hydrogens is 423 g/mol. The average molecular weight is 446 g/mol. The number of fused-ring (bicyclic) bond motifs is 1. The smallest absolute Gasteiger partial charge is 0.256 e. The number of halogens is 1. The fourth-order valence-electron chi connectivity index (χ4n) is 4.33. The molecule has 9 nitrogen and oxygen atoms in total. The topological polar surface area (TPSA) is 106 Å². The quantitative estimate of drug-likeness (QED) is 0.483. The molecule has 0 saturated carbocycles. The van der Waals surface area contributed by atoms with Crippen LogP contribution in [0.3, 0.4) is 0 Å². The first-order chi connectivity index (χ1) is 16.1. The lowest BCUT2D eigenvalue weighted by Crippen LogP contribution is -2.36. The monoisotopic (exact) mass is 446 g/mol. The van der Waals surface area contributed by atoms with Crippen molar-refractivity contribution < 1.29 is 9.13 Å². The Morgan fingerprint density at radius 3 is 3.00 bits per heavy atom. The molecule has 1 fully saturated rings. The summed E-state index contributed by atoms with van der Waals surface area (Å²) in [4.78, 5) is 8.51. The highest BCUT2D eigenvalue weighted by Gasteiger charge is 2.25. The Morgan fingerprint density at radius 2 is 2.21 bits per heavy atom. The Labute approximate surface area is 189 Å². The molecule has 2 atom stereocenters. The molecule has 1 saturated heterocycles. The number of benzene rings is 1. The Morgan fingerprint density at radius 1 is 1.33 bits per heavy atom. The molecule has 0 aliphatic carbocycles. The van der Waals surface area contributed by atoms with Crippen molar-refractivity contribution in [3.63, 3.8) is 0 Å². The van der Waals surface area contributed by atoms with Crippen molar-refractivity contribution in [2.75, 3.05) is 25.5 Å². The highest BCUT2D eigenvalue weighted by atomic mass is 19.1. The van der Waals surface area contributed by atoms with Crippen molar-refractivity contribution in [3.8, 4) is 17.8 Å². The summed E-state index contributed by atoms with van der Waals surface area (Å²) in [6.07, 6.45) is 5.66. The number of methoxy groups -OCH3 is 1. The van der Waals surface area contributed by atoms with Crippen LogP contribution in [0.1, 0.15) is 24.9 Å². The number of ether oxygens (including phenoxy) is 1. The third kappa shape index (κ3) is 3.76. The van der Waals surface area contributed by atoms with Gasteiger partial charge in [0.05, 0.1) is 42.7 Å². The second-order valence-corrected chi connectivity index (χ2v) is 8.10. The van der Waals surface area contributed by atoms with Gasteiger partial charge in [-0.1, -0.05) is 13.0 Å². The standard InChI is InChI=1S/C23H23FN8O/c1-14-11-26-8-6-19(14)32-13-18(22(30-32)33-2)28-23-27-12-17(24)21(29-23)31-9-7-16-15(10-25)4-3-5-20(16)31/h3-5,7,9,12-14,19,26H,6,8,11H2,1-2H3,(H,27,28,29)/t14-,19+/m1/s1. The van der Waals surface area contributed by atoms with Crippen molar-refractivity contribution in [1.82, 2.24) is 29.6 Å². The number of rotatable bonds is 5. The third-order valence-corrected chi connectivity index (χ3v) is 6.02. The normalized spacial score (nSPS) is 18.2. The first kappa shape index (κ1) is 20.9. The van der Waals surface area contributed by atoms with Gasteiger partial charge in [-0.05, 0) is 43.6 Å². The van der Waals surface area contributed by atoms with Crippen molar-refractivity contribution in [2.24, 2.45) is 5.92 Å². The molecule has 0 bridgehead atoms. The van der Waals surface area contributed by atoms with Crippen LogP contribution < -0.4 is 15.4 Å². The van der Waals surface area contributed by atoms with E-state index in [0.717, 1.165) is 31.1 Å². The van der Waals surface area contributed by atoms with Gasteiger partial charge in [-0.3, -0.25) is 9.25 Å². The molecule has 10 heteroatoms. The number of hydrogen-bond acceptors (Lipinski definition) is 7. The summed E-state index contributed by atoms with van der Waals surface area (Å²) in [6.45, 7) is 4.05. The highest BCUT2D eigenvalue weighted by molar-refractivity contribution is 5.87. The number of nitrogens with one attached hydrogen (secondary N) is 2. The SMILES string of the molecule is COc1nn([C@H]2CCNC[C@H]2C)cc1Nc1ncc(F)c(-n2ccc3c(C#N)cccc32)n1. The summed E-state index contributed by atoms with van der Waals surface area (Å²) in [5.41, 5.74) is 1.80. The zero-order valence-electron chi connectivity index (χ0n) is 18.3. The van der Waals surface area contributed by atoms with Gasteiger partial charge in [-0.15, -0.1) is 5.10 Å². The van der Waals surface area contributed by atoms with Gasteiger partial charge in [0, 0.05) is 11.6 Å². The minimum absolute atomic E-state index is 0.0796. The highest BCUT2D eigenvalue weighted by Crippen LogP contribution is 2.31. The van der Waals surface area contributed by atoms with E-state index >= 15 is 0 Å². The number of anilines is 2. The predicted molar refractivity (Wildman–Crippen MR) is 121 cm³/mol. The molecule has 1 aromatic carbocycles. The van der Waals surface area contributed by atoms with Gasteiger partial charge in [-0.2, -0.15) is 10.2 Å². The van der Waals surface area contributed by atoms with E-state index < -0.39 is 5.82 Å². The second kappa shape index (κ2) is 8.52. The van der Waals surface area contributed by atoms with Crippen LogP contribution in [0.5, 0.6) is 5.88 Å². The molecule has 168 valence electrons. The molecule has 1 aliphatic heterocycles. The second-order valence-electron chi connectivity index (χ2n) is 8.10. The van der Waals surface area contributed by atoms with Crippen LogP contribution in [0.25, 0.3) is 16.7 Å². The van der Waals surface area contributed by atoms with Gasteiger partial charge in [0.15, 0.2) is 11.6 Å². The number of nitrogens with zero attached hydrogens (tertiary/aromatic N) is 6. The van der Waals surface area contributed by atoms with Crippen molar-refractivity contribution in [1.29, 1.82) is 5.26 Å². The molecule has 33 heavy (non-hydrogen) atoms. The number of piperidine rings is 1. The largest absolute Gasteiger partial charge is 0.478 e. The average Bonchev–Trinajstić information content (AvgIpc) is 3.44. The Kier molecular flexibility index (Phi) is 5.40. The van der Waals surface area contributed by atoms with Crippen molar-refractivity contribution in [2.45, 2.75) is 19.4 Å². The third-order valence-electron chi connectivity index (χ3n) is 6.02. The summed E-state index contributed by atoms with van der Waals surface area (Å²) >= 11 is 0. The van der Waals surface area contributed by atoms with E-state index in [-0.39, 0.29) is 17.8 Å². The zero-order valence-corrected chi connectivity index (χ0v) is 18.3. The molecule has 4 aromatic rings. The minimum Gasteiger partial charge on any atom is -0.478 e. The fourth-order valence-corrected chi connectivity index (χ4v) is 4.33. The van der Waals surface area contributed by atoms with E-state index in [0.29, 0.717) is 28.6 Å². The van der Waals surface area contributed by atoms with E-state index in [4.69, 9.17) is 4.74 Å². The molecule has 4 heterocycles. The van der Waals surface area contributed by atoms with Crippen molar-refractivity contribution >= 4 is 22.5 Å². The lowest BCUT2D eigenvalue weighted by Gasteiger charge is -2.29. The maximum atomic E-state index is 14.7. The summed E-state index contributed by atoms with van der Waals surface area (Å²) in [6, 6.07) is 9.49. The van der Waals surface area contributed by atoms with E-state index in [1.165, 1.54) is 0 Å². The van der Waals surface area contributed by atoms with E-state index in [2.05, 4.69) is 38.7 Å². The van der Waals surface area contributed by atoms with Gasteiger partial charge in [0.25, 0.3) is 5.88 Å². The van der Waals surface area contributed by atoms with Crippen molar-refractivity contribution in [3.05, 3.63) is 54.2 Å². The van der Waals surface area contributed by atoms with Crippen LogP contribution in [-0.2, 0) is 0 Å². The molecule has 5 rings (SSSR count). The Hall–Kier alpha value is -3.97. The predicted octanol–water partition coefficient (Wildman–Crippen LogP) is 3.55. The summed E-state index contributed by atoms with van der Waals surface area (Å²) in [5, 5.41) is 21.2. The van der Waals surface area contributed by atoms with Gasteiger partial charge >= 0.3 is 0 Å². The Bertz CT molecular complexity index is 1350. The first-order valence-corrected chi connectivity index (χ1v) is 10.7. The number of aromatic nitrogens is 5. The van der Waals surface area contributed by atoms with Gasteiger partial charge in [0.2, 0.25) is 5.95 Å². The fraction of sp³-hybridized carbons (Fsp3) is 0.304. The lowest BCUT2D eigenvalue weighted by atomic mass is 9.96. The molecule has 0 unspecified atom stereocenters. The van der Waals surface area contributed by atoms with Crippen LogP contribution in [-0.4, -0.2) is 44.5 Å². The Balaban J connectivity index is 1.49. The van der Waals surface area contributed by atoms with Gasteiger partial charge < -0.3 is 15.4 Å². The van der Waals surface area contributed by atoms with Crippen LogP contribution >= 0.6 is 0 Å². The summed E-state index contributed by atoms with van der Waals surface area (Å²) in [5.74, 6) is 0.550. The molecule has 0 spiro atoms. The van der Waals surface area contributed by atoms with Crippen LogP contribution in [0.2, 0.25) is 0 Å². The van der Waals surface area contributed by atoms with Crippen LogP contribution in [0.15, 0.2) is 42.9 Å². The van der Waals surface area contributed by atoms with Crippen LogP contribution in [0.4, 0.5) is 16.0 Å². The molecule has 0 amide bonds. The maximum Gasteiger partial charge on any atom is 0.256 e. The zero-order chi connectivity index (χ0) is 22.9. The lowest BCUT2D eigenvalue weighted by molar-refractivity contribution is 0.250. The first-order valence-electron chi connectivity index (χ1n) is 10.7. The number of hydrogen-bond donors (Lipinski definition) is 2. The number of nitriles is 1. The van der Waals surface area contributed by atoms with Gasteiger partial charge in [-0.25, -0.2) is 9.37 Å². The van der Waals surface area contributed by atoms with E-state index in [1.54, 1.807) is 36.1 Å². The van der Waals surface area contributed by atoms with E-state index in [9.17, 15) is 9.65 Å². The maximum absolute atomic E-state index is 14.7. The van der Waals surface area contributed by atoms with Gasteiger partial charge in [0.1, 0.15) is 5.69 Å². The van der Waals surface area contributed by atoms with Crippen LogP contribution in [0, 0.1) is 23.1 Å². The molecule has 3 aromatic heterocycles. The molecular formula is C23H23FN8O. The molecule has 1 aliphatic rings. The summed E-state index contributed by atoms with van der Waals surface area (Å²) < 4.78 is 23.7. The molecule has 0 radical (unpaired) electrons. The molecule has 2 N–H and O–H groups in total. The minimum atomic E-state index is -0.577. The van der Waals surface area contributed by atoms with E-state index in [1.807, 2.05) is 16.9 Å².